The van der Waals surface area contributed by atoms with Gasteiger partial charge in [-0.2, -0.15) is 0 Å². The second-order valence-electron chi connectivity index (χ2n) is 6.18. The molecule has 0 aliphatic carbocycles. The lowest BCUT2D eigenvalue weighted by atomic mass is 9.86. The number of aliphatic carboxylic acids is 1. The maximum atomic E-state index is 11.5. The van der Waals surface area contributed by atoms with Gasteiger partial charge >= 0.3 is 5.97 Å². The molecule has 3 heteroatoms. The first-order chi connectivity index (χ1) is 9.58. The summed E-state index contributed by atoms with van der Waals surface area (Å²) < 4.78 is 0. The van der Waals surface area contributed by atoms with Crippen LogP contribution in [0.4, 0.5) is 0 Å². The fourth-order valence-corrected chi connectivity index (χ4v) is 3.07. The first-order valence-corrected chi connectivity index (χ1v) is 7.58. The quantitative estimate of drug-likeness (QED) is 0.897. The van der Waals surface area contributed by atoms with Crippen LogP contribution >= 0.6 is 0 Å². The SMILES string of the molecule is CC(C)C1CCN(CC(C(=O)O)c2ccccc2)CC1. The highest BCUT2D eigenvalue weighted by Gasteiger charge is 2.27. The van der Waals surface area contributed by atoms with Gasteiger partial charge in [0.05, 0.1) is 5.92 Å². The maximum absolute atomic E-state index is 11.5. The molecule has 1 N–H and O–H groups in total. The molecule has 1 aromatic carbocycles. The zero-order valence-electron chi connectivity index (χ0n) is 12.5. The second kappa shape index (κ2) is 6.89. The van der Waals surface area contributed by atoms with Crippen molar-refractivity contribution in [1.29, 1.82) is 0 Å². The molecule has 1 atom stereocenters. The summed E-state index contributed by atoms with van der Waals surface area (Å²) in [7, 11) is 0. The van der Waals surface area contributed by atoms with Gasteiger partial charge in [0.15, 0.2) is 0 Å². The number of benzene rings is 1. The first kappa shape index (κ1) is 15.0. The monoisotopic (exact) mass is 275 g/mol. The minimum absolute atomic E-state index is 0.410. The Bertz CT molecular complexity index is 422. The molecule has 0 spiro atoms. The van der Waals surface area contributed by atoms with Crippen molar-refractivity contribution >= 4 is 5.97 Å². The topological polar surface area (TPSA) is 40.5 Å². The molecular weight excluding hydrogens is 250 g/mol. The fourth-order valence-electron chi connectivity index (χ4n) is 3.07. The summed E-state index contributed by atoms with van der Waals surface area (Å²) >= 11 is 0. The van der Waals surface area contributed by atoms with Gasteiger partial charge < -0.3 is 10.0 Å². The van der Waals surface area contributed by atoms with Gasteiger partial charge in [0.1, 0.15) is 0 Å². The zero-order chi connectivity index (χ0) is 14.5. The van der Waals surface area contributed by atoms with Gasteiger partial charge in [-0.05, 0) is 43.3 Å². The number of carboxylic acids is 1. The molecule has 0 radical (unpaired) electrons. The highest BCUT2D eigenvalue weighted by molar-refractivity contribution is 5.76. The highest BCUT2D eigenvalue weighted by atomic mass is 16.4. The molecule has 20 heavy (non-hydrogen) atoms. The molecule has 1 fully saturated rings. The molecule has 1 aliphatic heterocycles. The molecule has 1 unspecified atom stereocenters. The summed E-state index contributed by atoms with van der Waals surface area (Å²) in [6.45, 7) is 7.25. The number of carboxylic acid groups (broad SMARTS) is 1. The number of hydrogen-bond donors (Lipinski definition) is 1. The van der Waals surface area contributed by atoms with Gasteiger partial charge in [0.25, 0.3) is 0 Å². The molecule has 1 saturated heterocycles. The molecule has 0 bridgehead atoms. The lowest BCUT2D eigenvalue weighted by Gasteiger charge is -2.35. The zero-order valence-corrected chi connectivity index (χ0v) is 12.5. The van der Waals surface area contributed by atoms with E-state index in [9.17, 15) is 9.90 Å². The first-order valence-electron chi connectivity index (χ1n) is 7.58. The van der Waals surface area contributed by atoms with E-state index in [-0.39, 0.29) is 0 Å². The number of likely N-dealkylation sites (tertiary alicyclic amines) is 1. The normalized spacial score (nSPS) is 19.1. The van der Waals surface area contributed by atoms with Crippen LogP contribution in [0.3, 0.4) is 0 Å². The second-order valence-corrected chi connectivity index (χ2v) is 6.18. The minimum atomic E-state index is -0.720. The molecule has 0 amide bonds. The smallest absolute Gasteiger partial charge is 0.312 e. The molecule has 0 saturated carbocycles. The number of piperidine rings is 1. The van der Waals surface area contributed by atoms with Crippen molar-refractivity contribution in [3.8, 4) is 0 Å². The molecule has 1 heterocycles. The molecule has 0 aromatic heterocycles. The number of nitrogens with zero attached hydrogens (tertiary/aromatic N) is 1. The molecule has 110 valence electrons. The third kappa shape index (κ3) is 3.83. The summed E-state index contributed by atoms with van der Waals surface area (Å²) in [4.78, 5) is 13.8. The van der Waals surface area contributed by atoms with Gasteiger partial charge in [0, 0.05) is 6.54 Å². The average molecular weight is 275 g/mol. The Labute approximate surface area is 121 Å². The number of rotatable bonds is 5. The third-order valence-corrected chi connectivity index (χ3v) is 4.52. The van der Waals surface area contributed by atoms with Gasteiger partial charge in [-0.3, -0.25) is 4.79 Å². The van der Waals surface area contributed by atoms with E-state index in [1.807, 2.05) is 30.3 Å². The summed E-state index contributed by atoms with van der Waals surface area (Å²) in [5.74, 6) is 0.404. The Hall–Kier alpha value is -1.35. The van der Waals surface area contributed by atoms with Crippen molar-refractivity contribution < 1.29 is 9.90 Å². The van der Waals surface area contributed by atoms with E-state index in [1.54, 1.807) is 0 Å². The van der Waals surface area contributed by atoms with E-state index in [2.05, 4.69) is 18.7 Å². The van der Waals surface area contributed by atoms with Crippen LogP contribution < -0.4 is 0 Å². The third-order valence-electron chi connectivity index (χ3n) is 4.52. The van der Waals surface area contributed by atoms with Gasteiger partial charge in [-0.25, -0.2) is 0 Å². The van der Waals surface area contributed by atoms with E-state index in [0.717, 1.165) is 30.5 Å². The lowest BCUT2D eigenvalue weighted by Crippen LogP contribution is -2.39. The van der Waals surface area contributed by atoms with Crippen molar-refractivity contribution in [2.75, 3.05) is 19.6 Å². The van der Waals surface area contributed by atoms with E-state index < -0.39 is 11.9 Å². The summed E-state index contributed by atoms with van der Waals surface area (Å²) in [6, 6.07) is 9.59. The van der Waals surface area contributed by atoms with Gasteiger partial charge in [-0.15, -0.1) is 0 Å². The van der Waals surface area contributed by atoms with E-state index in [1.165, 1.54) is 12.8 Å². The average Bonchev–Trinajstić information content (AvgIpc) is 2.46. The van der Waals surface area contributed by atoms with Crippen LogP contribution in [-0.4, -0.2) is 35.6 Å². The summed E-state index contributed by atoms with van der Waals surface area (Å²) in [5.41, 5.74) is 0.908. The summed E-state index contributed by atoms with van der Waals surface area (Å²) in [5, 5.41) is 9.47. The number of hydrogen-bond acceptors (Lipinski definition) is 2. The highest BCUT2D eigenvalue weighted by Crippen LogP contribution is 2.26. The Morgan fingerprint density at radius 3 is 2.35 bits per heavy atom. The van der Waals surface area contributed by atoms with Crippen molar-refractivity contribution in [3.05, 3.63) is 35.9 Å². The Morgan fingerprint density at radius 2 is 1.85 bits per heavy atom. The molecule has 1 aliphatic rings. The van der Waals surface area contributed by atoms with Crippen molar-refractivity contribution in [1.82, 2.24) is 4.90 Å². The maximum Gasteiger partial charge on any atom is 0.312 e. The molecule has 3 nitrogen and oxygen atoms in total. The van der Waals surface area contributed by atoms with Crippen molar-refractivity contribution in [2.24, 2.45) is 11.8 Å². The van der Waals surface area contributed by atoms with Crippen LogP contribution in [0.15, 0.2) is 30.3 Å². The Kier molecular flexibility index (Phi) is 5.18. The van der Waals surface area contributed by atoms with E-state index in [0.29, 0.717) is 6.54 Å². The van der Waals surface area contributed by atoms with Gasteiger partial charge in [-0.1, -0.05) is 44.2 Å². The largest absolute Gasteiger partial charge is 0.481 e. The van der Waals surface area contributed by atoms with E-state index in [4.69, 9.17) is 0 Å². The fraction of sp³-hybridized carbons (Fsp3) is 0.588. The van der Waals surface area contributed by atoms with Crippen molar-refractivity contribution in [2.45, 2.75) is 32.6 Å². The van der Waals surface area contributed by atoms with Gasteiger partial charge in [0.2, 0.25) is 0 Å². The lowest BCUT2D eigenvalue weighted by molar-refractivity contribution is -0.139. The standard InChI is InChI=1S/C17H25NO2/c1-13(2)14-8-10-18(11-9-14)12-16(17(19)20)15-6-4-3-5-7-15/h3-7,13-14,16H,8-12H2,1-2H3,(H,19,20). The van der Waals surface area contributed by atoms with Crippen molar-refractivity contribution in [3.63, 3.8) is 0 Å². The van der Waals surface area contributed by atoms with E-state index >= 15 is 0 Å². The van der Waals surface area contributed by atoms with Crippen LogP contribution in [0.25, 0.3) is 0 Å². The van der Waals surface area contributed by atoms with Crippen LogP contribution in [0.2, 0.25) is 0 Å². The minimum Gasteiger partial charge on any atom is -0.481 e. The molecular formula is C17H25NO2. The van der Waals surface area contributed by atoms with Crippen LogP contribution in [-0.2, 0) is 4.79 Å². The number of carbonyl (C=O) groups is 1. The Morgan fingerprint density at radius 1 is 1.25 bits per heavy atom. The van der Waals surface area contributed by atoms with Crippen LogP contribution in [0, 0.1) is 11.8 Å². The molecule has 2 rings (SSSR count). The Balaban J connectivity index is 1.95. The van der Waals surface area contributed by atoms with Crippen LogP contribution in [0.1, 0.15) is 38.2 Å². The predicted molar refractivity (Wildman–Crippen MR) is 80.8 cm³/mol. The molecule has 1 aromatic rings. The summed E-state index contributed by atoms with van der Waals surface area (Å²) in [6.07, 6.45) is 2.39. The predicted octanol–water partition coefficient (Wildman–Crippen LogP) is 3.22. The van der Waals surface area contributed by atoms with Crippen LogP contribution in [0.5, 0.6) is 0 Å².